The molecule has 0 aromatic heterocycles. The van der Waals surface area contributed by atoms with Gasteiger partial charge in [-0.05, 0) is 32.9 Å². The van der Waals surface area contributed by atoms with Crippen molar-refractivity contribution >= 4 is 16.3 Å². The van der Waals surface area contributed by atoms with Crippen molar-refractivity contribution in [3.05, 3.63) is 24.3 Å². The van der Waals surface area contributed by atoms with E-state index in [1.807, 2.05) is 0 Å². The van der Waals surface area contributed by atoms with E-state index in [1.165, 1.54) is 4.90 Å². The molecule has 0 atom stereocenters. The number of carbonyl (C=O) groups is 1. The van der Waals surface area contributed by atoms with Gasteiger partial charge in [0.05, 0.1) is 13.1 Å². The Morgan fingerprint density at radius 2 is 1.75 bits per heavy atom. The molecule has 2 rings (SSSR count). The van der Waals surface area contributed by atoms with Crippen molar-refractivity contribution in [2.24, 2.45) is 0 Å². The van der Waals surface area contributed by atoms with E-state index in [2.05, 4.69) is 0 Å². The molecule has 0 N–H and O–H groups in total. The molecule has 1 aromatic rings. The van der Waals surface area contributed by atoms with Gasteiger partial charge in [-0.2, -0.15) is 0 Å². The fourth-order valence-electron chi connectivity index (χ4n) is 1.97. The SMILES string of the molecule is CC(C)(C)OC(=O)N1CC(Oc2cccc(S(F)(F)(F)(F)F)c2)C1. The summed E-state index contributed by atoms with van der Waals surface area (Å²) in [4.78, 5) is 11.0. The molecule has 1 aliphatic rings. The van der Waals surface area contributed by atoms with Crippen LogP contribution < -0.4 is 4.74 Å². The van der Waals surface area contributed by atoms with Gasteiger partial charge in [-0.15, -0.1) is 0 Å². The second-order valence-electron chi connectivity index (χ2n) is 6.57. The zero-order chi connectivity index (χ0) is 18.5. The summed E-state index contributed by atoms with van der Waals surface area (Å²) in [6.45, 7) is 5.31. The van der Waals surface area contributed by atoms with Crippen molar-refractivity contribution in [1.82, 2.24) is 4.90 Å². The molecule has 0 radical (unpaired) electrons. The normalized spacial score (nSPS) is 19.1. The van der Waals surface area contributed by atoms with Crippen LogP contribution >= 0.6 is 10.2 Å². The molecule has 24 heavy (non-hydrogen) atoms. The van der Waals surface area contributed by atoms with Crippen LogP contribution in [0.25, 0.3) is 0 Å². The monoisotopic (exact) mass is 375 g/mol. The third-order valence-electron chi connectivity index (χ3n) is 3.05. The highest BCUT2D eigenvalue weighted by Crippen LogP contribution is 3.02. The van der Waals surface area contributed by atoms with Crippen LogP contribution in [0.4, 0.5) is 24.2 Å². The van der Waals surface area contributed by atoms with E-state index in [0.717, 1.165) is 12.1 Å². The molecule has 138 valence electrons. The molecule has 10 heteroatoms. The molecular formula is C14H18F5NO3S. The van der Waals surface area contributed by atoms with Crippen LogP contribution in [-0.4, -0.2) is 35.8 Å². The molecular weight excluding hydrogens is 357 g/mol. The topological polar surface area (TPSA) is 38.8 Å². The van der Waals surface area contributed by atoms with Gasteiger partial charge in [-0.25, -0.2) is 4.79 Å². The molecule has 0 unspecified atom stereocenters. The maximum atomic E-state index is 12.8. The lowest BCUT2D eigenvalue weighted by Crippen LogP contribution is -2.57. The van der Waals surface area contributed by atoms with Crippen LogP contribution in [0.1, 0.15) is 20.8 Å². The quantitative estimate of drug-likeness (QED) is 0.669. The van der Waals surface area contributed by atoms with Gasteiger partial charge < -0.3 is 14.4 Å². The molecule has 1 aliphatic heterocycles. The van der Waals surface area contributed by atoms with Crippen molar-refractivity contribution in [1.29, 1.82) is 0 Å². The van der Waals surface area contributed by atoms with Gasteiger partial charge in [0.15, 0.2) is 0 Å². The summed E-state index contributed by atoms with van der Waals surface area (Å²) in [6, 6.07) is 2.59. The summed E-state index contributed by atoms with van der Waals surface area (Å²) >= 11 is 0. The number of carbonyl (C=O) groups excluding carboxylic acids is 1. The Kier molecular flexibility index (Phi) is 3.80. The highest BCUT2D eigenvalue weighted by molar-refractivity contribution is 8.45. The molecule has 0 bridgehead atoms. The number of amides is 1. The van der Waals surface area contributed by atoms with Crippen molar-refractivity contribution in [3.8, 4) is 5.75 Å². The van der Waals surface area contributed by atoms with E-state index in [0.29, 0.717) is 6.07 Å². The third kappa shape index (κ3) is 4.89. The minimum absolute atomic E-state index is 0.107. The highest BCUT2D eigenvalue weighted by Gasteiger charge is 2.65. The Hall–Kier alpha value is -1.71. The van der Waals surface area contributed by atoms with Gasteiger partial charge in [0.2, 0.25) is 0 Å². The highest BCUT2D eigenvalue weighted by atomic mass is 32.5. The second kappa shape index (κ2) is 4.90. The number of halogens is 5. The summed E-state index contributed by atoms with van der Waals surface area (Å²) in [7, 11) is -9.74. The van der Waals surface area contributed by atoms with Gasteiger partial charge in [-0.3, -0.25) is 0 Å². The first-order chi connectivity index (χ1) is 10.5. The number of hydrogen-bond acceptors (Lipinski definition) is 3. The Morgan fingerprint density at radius 1 is 1.17 bits per heavy atom. The molecule has 0 saturated carbocycles. The first-order valence-corrected chi connectivity index (χ1v) is 8.97. The lowest BCUT2D eigenvalue weighted by Gasteiger charge is -2.41. The van der Waals surface area contributed by atoms with Crippen LogP contribution in [0.15, 0.2) is 29.2 Å². The van der Waals surface area contributed by atoms with E-state index in [4.69, 9.17) is 9.47 Å². The van der Waals surface area contributed by atoms with E-state index in [9.17, 15) is 24.2 Å². The molecule has 1 saturated heterocycles. The fourth-order valence-corrected chi connectivity index (χ4v) is 2.64. The Labute approximate surface area is 136 Å². The number of nitrogens with zero attached hydrogens (tertiary/aromatic N) is 1. The fraction of sp³-hybridized carbons (Fsp3) is 0.500. The summed E-state index contributed by atoms with van der Waals surface area (Å²) in [5, 5.41) is 0. The van der Waals surface area contributed by atoms with Crippen molar-refractivity contribution in [2.75, 3.05) is 13.1 Å². The van der Waals surface area contributed by atoms with E-state index < -0.39 is 32.9 Å². The van der Waals surface area contributed by atoms with E-state index in [1.54, 1.807) is 20.8 Å². The maximum Gasteiger partial charge on any atom is 0.410 e. The number of ether oxygens (including phenoxy) is 2. The predicted molar refractivity (Wildman–Crippen MR) is 80.1 cm³/mol. The van der Waals surface area contributed by atoms with Gasteiger partial charge in [0.25, 0.3) is 0 Å². The molecule has 1 fully saturated rings. The Bertz CT molecular complexity index is 650. The second-order valence-corrected chi connectivity index (χ2v) is 8.98. The molecule has 4 nitrogen and oxygen atoms in total. The third-order valence-corrected chi connectivity index (χ3v) is 4.20. The number of likely N-dealkylation sites (tertiary alicyclic amines) is 1. The summed E-state index contributed by atoms with van der Waals surface area (Å²) in [6.07, 6.45) is -1.14. The molecule has 1 amide bonds. The van der Waals surface area contributed by atoms with Crippen LogP contribution in [0, 0.1) is 0 Å². The van der Waals surface area contributed by atoms with Gasteiger partial charge in [-0.1, -0.05) is 25.5 Å². The zero-order valence-electron chi connectivity index (χ0n) is 13.3. The van der Waals surface area contributed by atoms with Crippen LogP contribution in [-0.2, 0) is 4.74 Å². The minimum Gasteiger partial charge on any atom is -0.487 e. The van der Waals surface area contributed by atoms with E-state index >= 15 is 0 Å². The largest absolute Gasteiger partial charge is 0.487 e. The number of hydrogen-bond donors (Lipinski definition) is 0. The van der Waals surface area contributed by atoms with Crippen molar-refractivity contribution in [3.63, 3.8) is 0 Å². The van der Waals surface area contributed by atoms with Gasteiger partial charge >= 0.3 is 16.3 Å². The maximum absolute atomic E-state index is 12.8. The standard InChI is InChI=1S/C14H18F5NO3S/c1-14(2,3)23-13(21)20-8-11(9-20)22-10-5-4-6-12(7-10)24(15,16,17,18)19/h4-7,11H,8-9H2,1-3H3. The van der Waals surface area contributed by atoms with Crippen LogP contribution in [0.2, 0.25) is 0 Å². The average Bonchev–Trinajstić information content (AvgIpc) is 2.28. The van der Waals surface area contributed by atoms with Gasteiger partial charge in [0, 0.05) is 6.07 Å². The molecule has 0 aliphatic carbocycles. The summed E-state index contributed by atoms with van der Waals surface area (Å²) < 4.78 is 74.1. The molecule has 1 aromatic carbocycles. The zero-order valence-corrected chi connectivity index (χ0v) is 14.1. The summed E-state index contributed by atoms with van der Waals surface area (Å²) in [5.74, 6) is -0.324. The predicted octanol–water partition coefficient (Wildman–Crippen LogP) is 5.34. The lowest BCUT2D eigenvalue weighted by atomic mass is 10.1. The average molecular weight is 375 g/mol. The Morgan fingerprint density at radius 3 is 2.25 bits per heavy atom. The van der Waals surface area contributed by atoms with Crippen LogP contribution in [0.3, 0.4) is 0 Å². The number of benzene rings is 1. The molecule has 0 spiro atoms. The minimum atomic E-state index is -9.74. The van der Waals surface area contributed by atoms with Crippen molar-refractivity contribution < 1.29 is 33.7 Å². The van der Waals surface area contributed by atoms with Crippen molar-refractivity contribution in [2.45, 2.75) is 37.4 Å². The smallest absolute Gasteiger partial charge is 0.410 e. The molecule has 1 heterocycles. The lowest BCUT2D eigenvalue weighted by molar-refractivity contribution is -0.0221. The Balaban J connectivity index is 1.97. The first-order valence-electron chi connectivity index (χ1n) is 7.02. The van der Waals surface area contributed by atoms with Crippen LogP contribution in [0.5, 0.6) is 5.75 Å². The number of rotatable bonds is 3. The first kappa shape index (κ1) is 18.6. The van der Waals surface area contributed by atoms with Gasteiger partial charge in [0.1, 0.15) is 22.4 Å². The summed E-state index contributed by atoms with van der Waals surface area (Å²) in [5.41, 5.74) is -0.668. The van der Waals surface area contributed by atoms with E-state index in [-0.39, 0.29) is 24.9 Å².